The second kappa shape index (κ2) is 11.0. The first-order valence-electron chi connectivity index (χ1n) is 11.5. The van der Waals surface area contributed by atoms with Gasteiger partial charge in [-0.2, -0.15) is 18.6 Å². The van der Waals surface area contributed by atoms with Crippen LogP contribution in [0, 0.1) is 11.3 Å². The SMILES string of the molecule is CN(C)c1ccc(/C=C/c2cccc(/C=C/c3ccc(N(C)C)c(C#N)c3)[n+]2CC(C)(F)F)cc1N. The number of nitrogen functional groups attached to an aromatic ring is 1. The van der Waals surface area contributed by atoms with Crippen molar-refractivity contribution in [2.24, 2.45) is 0 Å². The lowest BCUT2D eigenvalue weighted by Crippen LogP contribution is -2.46. The molecule has 5 nitrogen and oxygen atoms in total. The molecule has 0 unspecified atom stereocenters. The van der Waals surface area contributed by atoms with E-state index in [0.717, 1.165) is 29.4 Å². The normalized spacial score (nSPS) is 11.7. The van der Waals surface area contributed by atoms with E-state index in [-0.39, 0.29) is 0 Å². The number of nitrogens with two attached hydrogens (primary N) is 1. The van der Waals surface area contributed by atoms with E-state index >= 15 is 0 Å². The van der Waals surface area contributed by atoms with E-state index in [1.165, 1.54) is 0 Å². The van der Waals surface area contributed by atoms with Gasteiger partial charge in [0.25, 0.3) is 0 Å². The minimum Gasteiger partial charge on any atom is -0.397 e. The van der Waals surface area contributed by atoms with Crippen molar-refractivity contribution in [3.05, 3.63) is 82.7 Å². The van der Waals surface area contributed by atoms with Gasteiger partial charge in [-0.15, -0.1) is 0 Å². The molecule has 0 amide bonds. The second-order valence-electron chi connectivity index (χ2n) is 9.19. The fraction of sp³-hybridized carbons (Fsp3) is 0.241. The molecular formula is C29H32F2N5+. The molecule has 0 atom stereocenters. The lowest BCUT2D eigenvalue weighted by Gasteiger charge is -2.15. The van der Waals surface area contributed by atoms with E-state index in [2.05, 4.69) is 6.07 Å². The van der Waals surface area contributed by atoms with E-state index in [0.29, 0.717) is 22.6 Å². The Morgan fingerprint density at radius 2 is 1.39 bits per heavy atom. The maximum Gasteiger partial charge on any atom is 0.302 e. The van der Waals surface area contributed by atoms with Gasteiger partial charge in [-0.1, -0.05) is 12.1 Å². The Hall–Kier alpha value is -4.18. The van der Waals surface area contributed by atoms with Crippen molar-refractivity contribution in [2.75, 3.05) is 43.7 Å². The Bertz CT molecular complexity index is 1330. The first-order valence-corrected chi connectivity index (χ1v) is 11.5. The van der Waals surface area contributed by atoms with Gasteiger partial charge in [0.15, 0.2) is 0 Å². The molecule has 0 saturated heterocycles. The molecule has 0 spiro atoms. The number of aromatic nitrogens is 1. The number of alkyl halides is 2. The number of hydrogen-bond acceptors (Lipinski definition) is 4. The number of pyridine rings is 1. The highest BCUT2D eigenvalue weighted by atomic mass is 19.3. The van der Waals surface area contributed by atoms with Gasteiger partial charge < -0.3 is 15.5 Å². The summed E-state index contributed by atoms with van der Waals surface area (Å²) in [5, 5.41) is 9.49. The van der Waals surface area contributed by atoms with Crippen LogP contribution >= 0.6 is 0 Å². The molecule has 2 N–H and O–H groups in total. The van der Waals surface area contributed by atoms with Crippen LogP contribution in [0.25, 0.3) is 24.3 Å². The number of benzene rings is 2. The summed E-state index contributed by atoms with van der Waals surface area (Å²) in [7, 11) is 7.60. The van der Waals surface area contributed by atoms with Gasteiger partial charge in [-0.3, -0.25) is 0 Å². The fourth-order valence-corrected chi connectivity index (χ4v) is 3.91. The lowest BCUT2D eigenvalue weighted by molar-refractivity contribution is -0.715. The molecule has 1 heterocycles. The van der Waals surface area contributed by atoms with E-state index in [9.17, 15) is 14.0 Å². The van der Waals surface area contributed by atoms with E-state index in [4.69, 9.17) is 5.73 Å². The zero-order valence-electron chi connectivity index (χ0n) is 21.3. The van der Waals surface area contributed by atoms with Crippen LogP contribution in [0.1, 0.15) is 35.0 Å². The fourth-order valence-electron chi connectivity index (χ4n) is 3.91. The molecule has 0 aliphatic carbocycles. The Kier molecular flexibility index (Phi) is 8.11. The van der Waals surface area contributed by atoms with Crippen LogP contribution in [0.5, 0.6) is 0 Å². The third kappa shape index (κ3) is 6.70. The van der Waals surface area contributed by atoms with Gasteiger partial charge in [-0.05, 0) is 53.6 Å². The van der Waals surface area contributed by atoms with E-state index < -0.39 is 12.5 Å². The molecular weight excluding hydrogens is 456 g/mol. The van der Waals surface area contributed by atoms with Crippen LogP contribution in [0.4, 0.5) is 25.8 Å². The third-order valence-corrected chi connectivity index (χ3v) is 5.64. The van der Waals surface area contributed by atoms with Crippen molar-refractivity contribution in [2.45, 2.75) is 19.4 Å². The highest BCUT2D eigenvalue weighted by Gasteiger charge is 2.30. The molecule has 0 saturated carbocycles. The summed E-state index contributed by atoms with van der Waals surface area (Å²) in [5.74, 6) is -2.91. The first kappa shape index (κ1) is 26.4. The van der Waals surface area contributed by atoms with Crippen LogP contribution in [0.2, 0.25) is 0 Å². The van der Waals surface area contributed by atoms with Crippen molar-refractivity contribution >= 4 is 41.4 Å². The topological polar surface area (TPSA) is 60.2 Å². The maximum atomic E-state index is 14.2. The largest absolute Gasteiger partial charge is 0.397 e. The standard InChI is InChI=1S/C29H32F2N5/c1-29(30,31)20-36-24(13-9-21-11-15-27(34(2)3)23(17-21)19-32)7-6-8-25(36)14-10-22-12-16-28(35(4)5)26(33)18-22/h6-18H,20,33H2,1-5H3/q+1. The molecule has 7 heteroatoms. The Labute approximate surface area is 212 Å². The van der Waals surface area contributed by atoms with Gasteiger partial charge in [0.2, 0.25) is 17.9 Å². The van der Waals surface area contributed by atoms with Gasteiger partial charge >= 0.3 is 5.92 Å². The zero-order chi connectivity index (χ0) is 26.5. The van der Waals surface area contributed by atoms with Crippen LogP contribution in [0.3, 0.4) is 0 Å². The van der Waals surface area contributed by atoms with Gasteiger partial charge in [0, 0.05) is 59.4 Å². The number of anilines is 3. The number of halogens is 2. The number of nitrogens with zero attached hydrogens (tertiary/aromatic N) is 4. The van der Waals surface area contributed by atoms with Crippen LogP contribution in [-0.4, -0.2) is 34.1 Å². The van der Waals surface area contributed by atoms with E-state index in [1.807, 2.05) is 92.6 Å². The lowest BCUT2D eigenvalue weighted by atomic mass is 10.1. The Balaban J connectivity index is 1.99. The minimum atomic E-state index is -2.91. The highest BCUT2D eigenvalue weighted by Crippen LogP contribution is 2.24. The molecule has 186 valence electrons. The van der Waals surface area contributed by atoms with Crippen molar-refractivity contribution in [1.82, 2.24) is 0 Å². The zero-order valence-corrected chi connectivity index (χ0v) is 21.3. The predicted octanol–water partition coefficient (Wildman–Crippen LogP) is 5.56. The van der Waals surface area contributed by atoms with Crippen molar-refractivity contribution < 1.29 is 13.3 Å². The van der Waals surface area contributed by atoms with Gasteiger partial charge in [-0.25, -0.2) is 0 Å². The summed E-state index contributed by atoms with van der Waals surface area (Å²) in [6, 6.07) is 18.9. The van der Waals surface area contributed by atoms with E-state index in [1.54, 1.807) is 28.8 Å². The minimum absolute atomic E-state index is 0.474. The summed E-state index contributed by atoms with van der Waals surface area (Å²) < 4.78 is 29.9. The molecule has 0 fully saturated rings. The summed E-state index contributed by atoms with van der Waals surface area (Å²) in [6.07, 6.45) is 7.29. The number of hydrogen-bond donors (Lipinski definition) is 1. The first-order chi connectivity index (χ1) is 17.0. The van der Waals surface area contributed by atoms with Crippen LogP contribution in [-0.2, 0) is 6.54 Å². The molecule has 3 aromatic rings. The summed E-state index contributed by atoms with van der Waals surface area (Å²) in [4.78, 5) is 3.81. The predicted molar refractivity (Wildman–Crippen MR) is 146 cm³/mol. The van der Waals surface area contributed by atoms with Crippen LogP contribution in [0.15, 0.2) is 54.6 Å². The summed E-state index contributed by atoms with van der Waals surface area (Å²) in [6.45, 7) is 0.436. The van der Waals surface area contributed by atoms with Crippen molar-refractivity contribution in [3.8, 4) is 6.07 Å². The average Bonchev–Trinajstić information content (AvgIpc) is 2.81. The molecule has 2 aromatic carbocycles. The van der Waals surface area contributed by atoms with Crippen molar-refractivity contribution in [1.29, 1.82) is 5.26 Å². The average molecular weight is 489 g/mol. The number of rotatable bonds is 8. The molecule has 0 aliphatic heterocycles. The smallest absolute Gasteiger partial charge is 0.302 e. The molecule has 0 bridgehead atoms. The molecule has 3 rings (SSSR count). The summed E-state index contributed by atoms with van der Waals surface area (Å²) in [5.41, 5.74) is 12.0. The van der Waals surface area contributed by atoms with Crippen LogP contribution < -0.4 is 20.1 Å². The summed E-state index contributed by atoms with van der Waals surface area (Å²) >= 11 is 0. The monoisotopic (exact) mass is 488 g/mol. The Morgan fingerprint density at radius 1 is 0.861 bits per heavy atom. The Morgan fingerprint density at radius 3 is 1.86 bits per heavy atom. The molecule has 1 aromatic heterocycles. The third-order valence-electron chi connectivity index (χ3n) is 5.64. The number of nitriles is 1. The second-order valence-corrected chi connectivity index (χ2v) is 9.19. The van der Waals surface area contributed by atoms with Gasteiger partial charge in [0.1, 0.15) is 6.07 Å². The molecule has 0 radical (unpaired) electrons. The molecule has 36 heavy (non-hydrogen) atoms. The quantitative estimate of drug-likeness (QED) is 0.333. The highest BCUT2D eigenvalue weighted by molar-refractivity contribution is 5.75. The maximum absolute atomic E-state index is 14.2. The van der Waals surface area contributed by atoms with Gasteiger partial charge in [0.05, 0.1) is 22.6 Å². The van der Waals surface area contributed by atoms with Crippen molar-refractivity contribution in [3.63, 3.8) is 0 Å². The molecule has 0 aliphatic rings.